The summed E-state index contributed by atoms with van der Waals surface area (Å²) in [6, 6.07) is 0. The van der Waals surface area contributed by atoms with Gasteiger partial charge in [0.15, 0.2) is 0 Å². The van der Waals surface area contributed by atoms with Gasteiger partial charge in [-0.15, -0.1) is 0 Å². The van der Waals surface area contributed by atoms with Crippen molar-refractivity contribution < 1.29 is 9.90 Å². The zero-order chi connectivity index (χ0) is 11.0. The molecule has 1 amide bonds. The number of amides is 1. The van der Waals surface area contributed by atoms with Crippen LogP contribution in [-0.2, 0) is 13.0 Å². The lowest BCUT2D eigenvalue weighted by molar-refractivity contribution is 0.140. The SMILES string of the molecule is Cc1c(Cl)ncc2c1CN(C(=O)O)CC2. The molecule has 2 rings (SSSR count). The maximum absolute atomic E-state index is 10.8. The van der Waals surface area contributed by atoms with E-state index in [-0.39, 0.29) is 0 Å². The van der Waals surface area contributed by atoms with Gasteiger partial charge in [0.2, 0.25) is 0 Å². The van der Waals surface area contributed by atoms with Crippen LogP contribution in [0.25, 0.3) is 0 Å². The van der Waals surface area contributed by atoms with E-state index in [4.69, 9.17) is 16.7 Å². The van der Waals surface area contributed by atoms with E-state index in [9.17, 15) is 4.79 Å². The predicted octanol–water partition coefficient (Wildman–Crippen LogP) is 2.08. The fourth-order valence-corrected chi connectivity index (χ4v) is 1.96. The van der Waals surface area contributed by atoms with Crippen molar-refractivity contribution >= 4 is 17.7 Å². The summed E-state index contributed by atoms with van der Waals surface area (Å²) in [6.07, 6.45) is 1.57. The van der Waals surface area contributed by atoms with Crippen molar-refractivity contribution in [2.45, 2.75) is 19.9 Å². The van der Waals surface area contributed by atoms with E-state index in [1.165, 1.54) is 4.90 Å². The summed E-state index contributed by atoms with van der Waals surface area (Å²) >= 11 is 5.90. The Balaban J connectivity index is 2.39. The summed E-state index contributed by atoms with van der Waals surface area (Å²) in [5.41, 5.74) is 3.00. The molecule has 0 fully saturated rings. The Labute approximate surface area is 92.5 Å². The first kappa shape index (κ1) is 10.2. The van der Waals surface area contributed by atoms with Crippen LogP contribution >= 0.6 is 11.6 Å². The molecule has 1 N–H and O–H groups in total. The van der Waals surface area contributed by atoms with Crippen molar-refractivity contribution in [3.05, 3.63) is 28.0 Å². The summed E-state index contributed by atoms with van der Waals surface area (Å²) in [4.78, 5) is 16.3. The van der Waals surface area contributed by atoms with Gasteiger partial charge < -0.3 is 10.0 Å². The van der Waals surface area contributed by atoms with Crippen LogP contribution in [0.4, 0.5) is 4.79 Å². The van der Waals surface area contributed by atoms with Crippen molar-refractivity contribution in [1.82, 2.24) is 9.88 Å². The topological polar surface area (TPSA) is 53.4 Å². The quantitative estimate of drug-likeness (QED) is 0.689. The van der Waals surface area contributed by atoms with E-state index < -0.39 is 6.09 Å². The van der Waals surface area contributed by atoms with Gasteiger partial charge in [0.1, 0.15) is 5.15 Å². The van der Waals surface area contributed by atoms with Crippen LogP contribution in [-0.4, -0.2) is 27.6 Å². The average Bonchev–Trinajstić information content (AvgIpc) is 2.23. The first-order valence-corrected chi connectivity index (χ1v) is 5.08. The van der Waals surface area contributed by atoms with Gasteiger partial charge in [-0.25, -0.2) is 9.78 Å². The third-order valence-corrected chi connectivity index (χ3v) is 3.14. The Morgan fingerprint density at radius 1 is 1.67 bits per heavy atom. The molecule has 0 radical (unpaired) electrons. The number of hydrogen-bond acceptors (Lipinski definition) is 2. The molecule has 0 bridgehead atoms. The highest BCUT2D eigenvalue weighted by molar-refractivity contribution is 6.30. The standard InChI is InChI=1S/C10H11ClN2O2/c1-6-8-5-13(10(14)15)3-2-7(8)4-12-9(6)11/h4H,2-3,5H2,1H3,(H,14,15). The van der Waals surface area contributed by atoms with Gasteiger partial charge in [0, 0.05) is 19.3 Å². The smallest absolute Gasteiger partial charge is 0.407 e. The summed E-state index contributed by atoms with van der Waals surface area (Å²) in [5, 5.41) is 9.36. The van der Waals surface area contributed by atoms with Crippen LogP contribution in [0, 0.1) is 6.92 Å². The van der Waals surface area contributed by atoms with Crippen molar-refractivity contribution in [2.24, 2.45) is 0 Å². The second kappa shape index (κ2) is 3.70. The van der Waals surface area contributed by atoms with Crippen LogP contribution in [0.5, 0.6) is 0 Å². The van der Waals surface area contributed by atoms with Crippen molar-refractivity contribution in [3.63, 3.8) is 0 Å². The van der Waals surface area contributed by atoms with Crippen molar-refractivity contribution in [1.29, 1.82) is 0 Å². The molecule has 2 heterocycles. The molecule has 0 saturated heterocycles. The van der Waals surface area contributed by atoms with Crippen LogP contribution in [0.2, 0.25) is 5.15 Å². The van der Waals surface area contributed by atoms with Gasteiger partial charge in [-0.3, -0.25) is 0 Å². The Morgan fingerprint density at radius 2 is 2.40 bits per heavy atom. The third kappa shape index (κ3) is 1.77. The number of fused-ring (bicyclic) bond motifs is 1. The monoisotopic (exact) mass is 226 g/mol. The first-order valence-electron chi connectivity index (χ1n) is 4.70. The molecular weight excluding hydrogens is 216 g/mol. The fourth-order valence-electron chi connectivity index (χ4n) is 1.80. The molecule has 1 aliphatic heterocycles. The second-order valence-electron chi connectivity index (χ2n) is 3.63. The minimum atomic E-state index is -0.881. The average molecular weight is 227 g/mol. The van der Waals surface area contributed by atoms with E-state index in [0.29, 0.717) is 24.7 Å². The lowest BCUT2D eigenvalue weighted by Gasteiger charge is -2.27. The van der Waals surface area contributed by atoms with Crippen LogP contribution in [0.15, 0.2) is 6.20 Å². The molecule has 80 valence electrons. The Bertz CT molecular complexity index is 420. The van der Waals surface area contributed by atoms with E-state index in [1.807, 2.05) is 6.92 Å². The van der Waals surface area contributed by atoms with E-state index in [2.05, 4.69) is 4.98 Å². The van der Waals surface area contributed by atoms with E-state index >= 15 is 0 Å². The Hall–Kier alpha value is -1.29. The van der Waals surface area contributed by atoms with Crippen molar-refractivity contribution in [3.8, 4) is 0 Å². The van der Waals surface area contributed by atoms with Crippen LogP contribution in [0.3, 0.4) is 0 Å². The number of aromatic nitrogens is 1. The lowest BCUT2D eigenvalue weighted by atomic mass is 9.99. The largest absolute Gasteiger partial charge is 0.465 e. The molecule has 0 atom stereocenters. The minimum absolute atomic E-state index is 0.415. The number of rotatable bonds is 0. The normalized spacial score (nSPS) is 14.9. The second-order valence-corrected chi connectivity index (χ2v) is 3.99. The molecule has 15 heavy (non-hydrogen) atoms. The number of halogens is 1. The lowest BCUT2D eigenvalue weighted by Crippen LogP contribution is -2.35. The molecule has 0 aliphatic carbocycles. The van der Waals surface area contributed by atoms with Crippen LogP contribution < -0.4 is 0 Å². The number of hydrogen-bond donors (Lipinski definition) is 1. The third-order valence-electron chi connectivity index (χ3n) is 2.75. The molecule has 0 unspecified atom stereocenters. The molecule has 1 aromatic rings. The Morgan fingerprint density at radius 3 is 3.07 bits per heavy atom. The van der Waals surface area contributed by atoms with Crippen LogP contribution in [0.1, 0.15) is 16.7 Å². The molecule has 1 aromatic heterocycles. The summed E-state index contributed by atoms with van der Waals surface area (Å²) in [5.74, 6) is 0. The van der Waals surface area contributed by atoms with E-state index in [1.54, 1.807) is 6.20 Å². The molecule has 0 aromatic carbocycles. The van der Waals surface area contributed by atoms with Crippen molar-refractivity contribution in [2.75, 3.05) is 6.54 Å². The molecule has 4 nitrogen and oxygen atoms in total. The summed E-state index contributed by atoms with van der Waals surface area (Å²) in [7, 11) is 0. The molecular formula is C10H11ClN2O2. The first-order chi connectivity index (χ1) is 7.09. The highest BCUT2D eigenvalue weighted by atomic mass is 35.5. The molecule has 5 heteroatoms. The number of carboxylic acid groups (broad SMARTS) is 1. The maximum Gasteiger partial charge on any atom is 0.407 e. The maximum atomic E-state index is 10.8. The summed E-state index contributed by atoms with van der Waals surface area (Å²) < 4.78 is 0. The fraction of sp³-hybridized carbons (Fsp3) is 0.400. The summed E-state index contributed by atoms with van der Waals surface area (Å²) in [6.45, 7) is 2.82. The van der Waals surface area contributed by atoms with Gasteiger partial charge in [0.05, 0.1) is 0 Å². The molecule has 0 spiro atoms. The number of pyridine rings is 1. The van der Waals surface area contributed by atoms with E-state index in [0.717, 1.165) is 16.7 Å². The van der Waals surface area contributed by atoms with Gasteiger partial charge in [-0.2, -0.15) is 0 Å². The van der Waals surface area contributed by atoms with Gasteiger partial charge in [-0.1, -0.05) is 11.6 Å². The predicted molar refractivity (Wildman–Crippen MR) is 56.1 cm³/mol. The van der Waals surface area contributed by atoms with Gasteiger partial charge in [0.25, 0.3) is 0 Å². The zero-order valence-electron chi connectivity index (χ0n) is 8.33. The number of nitrogens with zero attached hydrogens (tertiary/aromatic N) is 2. The van der Waals surface area contributed by atoms with Gasteiger partial charge in [-0.05, 0) is 30.0 Å². The highest BCUT2D eigenvalue weighted by Crippen LogP contribution is 2.25. The molecule has 0 saturated carbocycles. The minimum Gasteiger partial charge on any atom is -0.465 e. The highest BCUT2D eigenvalue weighted by Gasteiger charge is 2.22. The zero-order valence-corrected chi connectivity index (χ0v) is 9.08. The molecule has 1 aliphatic rings. The van der Waals surface area contributed by atoms with Gasteiger partial charge >= 0.3 is 6.09 Å². The Kier molecular flexibility index (Phi) is 2.52. The number of carbonyl (C=O) groups is 1.